The van der Waals surface area contributed by atoms with E-state index in [-0.39, 0.29) is 11.1 Å². The van der Waals surface area contributed by atoms with Crippen LogP contribution in [0.15, 0.2) is 12.7 Å². The largest absolute Gasteiger partial charge is 0.331 e. The van der Waals surface area contributed by atoms with Gasteiger partial charge >= 0.3 is 0 Å². The average molecular weight is 220 g/mol. The first-order valence-corrected chi connectivity index (χ1v) is 5.86. The molecule has 0 atom stereocenters. The molecule has 0 aliphatic carbocycles. The van der Waals surface area contributed by atoms with Crippen molar-refractivity contribution in [2.24, 2.45) is 0 Å². The molecule has 0 aromatic carbocycles. The highest BCUT2D eigenvalue weighted by Gasteiger charge is 2.42. The SMILES string of the molecule is CC1(C)CCCC(C)(C)N1c1ncncn1. The highest BCUT2D eigenvalue weighted by Crippen LogP contribution is 2.39. The molecule has 2 heterocycles. The lowest BCUT2D eigenvalue weighted by atomic mass is 9.80. The van der Waals surface area contributed by atoms with Gasteiger partial charge in [0, 0.05) is 11.1 Å². The van der Waals surface area contributed by atoms with Crippen LogP contribution in [0.25, 0.3) is 0 Å². The number of anilines is 1. The van der Waals surface area contributed by atoms with E-state index in [0.29, 0.717) is 0 Å². The van der Waals surface area contributed by atoms with Crippen LogP contribution in [-0.2, 0) is 0 Å². The number of hydrogen-bond acceptors (Lipinski definition) is 4. The van der Waals surface area contributed by atoms with Crippen LogP contribution in [0.4, 0.5) is 5.95 Å². The fourth-order valence-corrected chi connectivity index (χ4v) is 2.89. The molecule has 1 fully saturated rings. The maximum absolute atomic E-state index is 4.30. The molecule has 0 bridgehead atoms. The van der Waals surface area contributed by atoms with Gasteiger partial charge in [-0.2, -0.15) is 0 Å². The van der Waals surface area contributed by atoms with Crippen LogP contribution in [0.5, 0.6) is 0 Å². The summed E-state index contributed by atoms with van der Waals surface area (Å²) in [7, 11) is 0. The highest BCUT2D eigenvalue weighted by molar-refractivity contribution is 5.38. The normalized spacial score (nSPS) is 23.1. The van der Waals surface area contributed by atoms with Crippen molar-refractivity contribution in [3.63, 3.8) is 0 Å². The van der Waals surface area contributed by atoms with Crippen molar-refractivity contribution in [2.75, 3.05) is 4.90 Å². The van der Waals surface area contributed by atoms with Crippen LogP contribution in [-0.4, -0.2) is 26.0 Å². The fourth-order valence-electron chi connectivity index (χ4n) is 2.89. The molecule has 16 heavy (non-hydrogen) atoms. The zero-order chi connectivity index (χ0) is 11.8. The summed E-state index contributed by atoms with van der Waals surface area (Å²) in [6.45, 7) is 9.05. The Kier molecular flexibility index (Phi) is 2.60. The van der Waals surface area contributed by atoms with Crippen molar-refractivity contribution in [2.45, 2.75) is 58.0 Å². The van der Waals surface area contributed by atoms with Crippen LogP contribution in [0.3, 0.4) is 0 Å². The zero-order valence-corrected chi connectivity index (χ0v) is 10.6. The number of aromatic nitrogens is 3. The molecule has 1 aliphatic rings. The van der Waals surface area contributed by atoms with E-state index in [1.165, 1.54) is 19.3 Å². The lowest BCUT2D eigenvalue weighted by Crippen LogP contribution is -2.59. The predicted octanol–water partition coefficient (Wildman–Crippen LogP) is 2.42. The third-order valence-corrected chi connectivity index (χ3v) is 3.47. The van der Waals surface area contributed by atoms with Gasteiger partial charge in [0.25, 0.3) is 0 Å². The molecular formula is C12H20N4. The van der Waals surface area contributed by atoms with Crippen molar-refractivity contribution >= 4 is 5.95 Å². The van der Waals surface area contributed by atoms with Crippen LogP contribution < -0.4 is 4.90 Å². The molecule has 1 aromatic heterocycles. The molecule has 1 saturated heterocycles. The Hall–Kier alpha value is -1.19. The monoisotopic (exact) mass is 220 g/mol. The van der Waals surface area contributed by atoms with E-state index in [0.717, 1.165) is 5.95 Å². The smallest absolute Gasteiger partial charge is 0.229 e. The number of rotatable bonds is 1. The second kappa shape index (κ2) is 3.68. The molecule has 0 amide bonds. The van der Waals surface area contributed by atoms with Gasteiger partial charge in [-0.3, -0.25) is 0 Å². The molecule has 88 valence electrons. The number of nitrogens with zero attached hydrogens (tertiary/aromatic N) is 4. The standard InChI is InChI=1S/C12H20N4/c1-11(2)6-5-7-12(3,4)16(11)10-14-8-13-9-15-10/h8-9H,5-7H2,1-4H3. The Balaban J connectivity index is 2.41. The Morgan fingerprint density at radius 2 is 1.50 bits per heavy atom. The summed E-state index contributed by atoms with van der Waals surface area (Å²) in [6.07, 6.45) is 6.78. The van der Waals surface area contributed by atoms with Crippen molar-refractivity contribution in [3.05, 3.63) is 12.7 Å². The third kappa shape index (κ3) is 1.88. The van der Waals surface area contributed by atoms with E-state index < -0.39 is 0 Å². The summed E-state index contributed by atoms with van der Waals surface area (Å²) in [6, 6.07) is 0. The van der Waals surface area contributed by atoms with Crippen LogP contribution in [0.2, 0.25) is 0 Å². The minimum Gasteiger partial charge on any atom is -0.331 e. The summed E-state index contributed by atoms with van der Waals surface area (Å²) in [4.78, 5) is 14.8. The maximum atomic E-state index is 4.30. The number of piperidine rings is 1. The van der Waals surface area contributed by atoms with E-state index in [2.05, 4.69) is 47.5 Å². The van der Waals surface area contributed by atoms with E-state index in [4.69, 9.17) is 0 Å². The summed E-state index contributed by atoms with van der Waals surface area (Å²) in [5.41, 5.74) is 0.228. The first-order valence-electron chi connectivity index (χ1n) is 5.86. The van der Waals surface area contributed by atoms with Gasteiger partial charge in [0.05, 0.1) is 0 Å². The average Bonchev–Trinajstić information content (AvgIpc) is 2.16. The lowest BCUT2D eigenvalue weighted by molar-refractivity contribution is 0.239. The first-order chi connectivity index (χ1) is 7.43. The van der Waals surface area contributed by atoms with Gasteiger partial charge in [-0.25, -0.2) is 15.0 Å². The molecule has 4 heteroatoms. The predicted molar refractivity (Wildman–Crippen MR) is 64.3 cm³/mol. The van der Waals surface area contributed by atoms with E-state index >= 15 is 0 Å². The van der Waals surface area contributed by atoms with Crippen molar-refractivity contribution in [1.82, 2.24) is 15.0 Å². The molecule has 4 nitrogen and oxygen atoms in total. The fraction of sp³-hybridized carbons (Fsp3) is 0.750. The Labute approximate surface area is 97.1 Å². The Morgan fingerprint density at radius 1 is 1.00 bits per heavy atom. The van der Waals surface area contributed by atoms with Crippen molar-refractivity contribution < 1.29 is 0 Å². The van der Waals surface area contributed by atoms with Gasteiger partial charge in [0.15, 0.2) is 0 Å². The molecule has 0 saturated carbocycles. The van der Waals surface area contributed by atoms with Gasteiger partial charge in [-0.05, 0) is 47.0 Å². The van der Waals surface area contributed by atoms with Crippen LogP contribution in [0, 0.1) is 0 Å². The van der Waals surface area contributed by atoms with E-state index in [1.54, 1.807) is 12.7 Å². The summed E-state index contributed by atoms with van der Waals surface area (Å²) >= 11 is 0. The molecule has 0 spiro atoms. The van der Waals surface area contributed by atoms with Crippen LogP contribution >= 0.6 is 0 Å². The second-order valence-electron chi connectivity index (χ2n) is 5.75. The van der Waals surface area contributed by atoms with E-state index in [9.17, 15) is 0 Å². The topological polar surface area (TPSA) is 41.9 Å². The van der Waals surface area contributed by atoms with Gasteiger partial charge in [-0.15, -0.1) is 0 Å². The molecular weight excluding hydrogens is 200 g/mol. The van der Waals surface area contributed by atoms with Gasteiger partial charge in [-0.1, -0.05) is 0 Å². The Bertz CT molecular complexity index is 343. The molecule has 1 aromatic rings. The van der Waals surface area contributed by atoms with Crippen molar-refractivity contribution in [1.29, 1.82) is 0 Å². The quantitative estimate of drug-likeness (QED) is 0.729. The summed E-state index contributed by atoms with van der Waals surface area (Å²) < 4.78 is 0. The third-order valence-electron chi connectivity index (χ3n) is 3.47. The van der Waals surface area contributed by atoms with Crippen molar-refractivity contribution in [3.8, 4) is 0 Å². The first kappa shape index (κ1) is 11.3. The minimum atomic E-state index is 0.114. The van der Waals surface area contributed by atoms with Gasteiger partial charge < -0.3 is 4.90 Å². The van der Waals surface area contributed by atoms with Gasteiger partial charge in [0.1, 0.15) is 12.7 Å². The minimum absolute atomic E-state index is 0.114. The highest BCUT2D eigenvalue weighted by atomic mass is 15.3. The Morgan fingerprint density at radius 3 is 2.00 bits per heavy atom. The summed E-state index contributed by atoms with van der Waals surface area (Å²) in [5, 5.41) is 0. The lowest BCUT2D eigenvalue weighted by Gasteiger charge is -2.52. The molecule has 0 radical (unpaired) electrons. The molecule has 2 rings (SSSR count). The van der Waals surface area contributed by atoms with E-state index in [1.807, 2.05) is 0 Å². The molecule has 1 aliphatic heterocycles. The second-order valence-corrected chi connectivity index (χ2v) is 5.75. The summed E-state index contributed by atoms with van der Waals surface area (Å²) in [5.74, 6) is 0.796. The molecule has 0 N–H and O–H groups in total. The number of hydrogen-bond donors (Lipinski definition) is 0. The maximum Gasteiger partial charge on any atom is 0.229 e. The van der Waals surface area contributed by atoms with Gasteiger partial charge in [0.2, 0.25) is 5.95 Å². The zero-order valence-electron chi connectivity index (χ0n) is 10.6. The molecule has 0 unspecified atom stereocenters. The van der Waals surface area contributed by atoms with Crippen LogP contribution in [0.1, 0.15) is 47.0 Å².